The van der Waals surface area contributed by atoms with Crippen LogP contribution in [0.4, 0.5) is 0 Å². The van der Waals surface area contributed by atoms with Gasteiger partial charge in [0.15, 0.2) is 0 Å². The van der Waals surface area contributed by atoms with Gasteiger partial charge in [0.25, 0.3) is 0 Å². The van der Waals surface area contributed by atoms with E-state index < -0.39 is 0 Å². The molecule has 3 nitrogen and oxygen atoms in total. The second kappa shape index (κ2) is 5.81. The van der Waals surface area contributed by atoms with Crippen LogP contribution in [0.2, 0.25) is 0 Å². The highest BCUT2D eigenvalue weighted by Crippen LogP contribution is 2.06. The molecule has 1 aromatic rings. The van der Waals surface area contributed by atoms with Crippen molar-refractivity contribution in [2.75, 3.05) is 6.54 Å². The normalized spacial score (nSPS) is 10.8. The molecule has 0 fully saturated rings. The van der Waals surface area contributed by atoms with Crippen molar-refractivity contribution in [2.24, 2.45) is 7.05 Å². The minimum Gasteiger partial charge on any atom is -0.313 e. The van der Waals surface area contributed by atoms with Gasteiger partial charge in [0.2, 0.25) is 0 Å². The lowest BCUT2D eigenvalue weighted by molar-refractivity contribution is 0.638. The molecular weight excluding hydrogens is 174 g/mol. The minimum atomic E-state index is 0.955. The summed E-state index contributed by atoms with van der Waals surface area (Å²) < 4.78 is 1.90. The molecule has 0 saturated carbocycles. The molecule has 0 aliphatic heterocycles. The molecule has 0 aromatic carbocycles. The molecule has 0 bridgehead atoms. The predicted octanol–water partition coefficient (Wildman–Crippen LogP) is 1.87. The van der Waals surface area contributed by atoms with Crippen LogP contribution in [0.25, 0.3) is 0 Å². The third-order valence-electron chi connectivity index (χ3n) is 2.35. The lowest BCUT2D eigenvalue weighted by atomic mass is 10.2. The first-order valence-corrected chi connectivity index (χ1v) is 5.50. The summed E-state index contributed by atoms with van der Waals surface area (Å²) in [7, 11) is 1.98. The average Bonchev–Trinajstić information content (AvgIpc) is 2.54. The van der Waals surface area contributed by atoms with Gasteiger partial charge in [-0.2, -0.15) is 5.10 Å². The highest BCUT2D eigenvalue weighted by atomic mass is 15.3. The number of hydrogen-bond acceptors (Lipinski definition) is 2. The highest BCUT2D eigenvalue weighted by molar-refractivity contribution is 5.16. The molecule has 1 heterocycles. The quantitative estimate of drug-likeness (QED) is 0.702. The maximum Gasteiger partial charge on any atom is 0.0666 e. The summed E-state index contributed by atoms with van der Waals surface area (Å²) in [6.07, 6.45) is 5.63. The summed E-state index contributed by atoms with van der Waals surface area (Å²) in [6.45, 7) is 6.42. The Hall–Kier alpha value is -0.830. The second-order valence-electron chi connectivity index (χ2n) is 3.66. The van der Waals surface area contributed by atoms with Crippen molar-refractivity contribution < 1.29 is 0 Å². The summed E-state index contributed by atoms with van der Waals surface area (Å²) in [6, 6.07) is 0. The molecule has 1 aromatic heterocycles. The smallest absolute Gasteiger partial charge is 0.0666 e. The van der Waals surface area contributed by atoms with Crippen molar-refractivity contribution in [3.63, 3.8) is 0 Å². The molecule has 80 valence electrons. The number of nitrogens with one attached hydrogen (secondary N) is 1. The summed E-state index contributed by atoms with van der Waals surface area (Å²) in [5.41, 5.74) is 2.56. The van der Waals surface area contributed by atoms with Gasteiger partial charge in [0, 0.05) is 25.4 Å². The van der Waals surface area contributed by atoms with E-state index in [-0.39, 0.29) is 0 Å². The molecule has 0 atom stereocenters. The van der Waals surface area contributed by atoms with Gasteiger partial charge >= 0.3 is 0 Å². The van der Waals surface area contributed by atoms with E-state index in [0.717, 1.165) is 19.5 Å². The minimum absolute atomic E-state index is 0.955. The number of aromatic nitrogens is 2. The monoisotopic (exact) mass is 195 g/mol. The molecule has 0 spiro atoms. The lowest BCUT2D eigenvalue weighted by Gasteiger charge is -2.02. The van der Waals surface area contributed by atoms with E-state index in [4.69, 9.17) is 0 Å². The Bertz CT molecular complexity index is 265. The van der Waals surface area contributed by atoms with E-state index >= 15 is 0 Å². The van der Waals surface area contributed by atoms with Gasteiger partial charge < -0.3 is 5.32 Å². The Kier molecular flexibility index (Phi) is 4.66. The van der Waals surface area contributed by atoms with Crippen LogP contribution in [0, 0.1) is 0 Å². The zero-order chi connectivity index (χ0) is 10.4. The van der Waals surface area contributed by atoms with Crippen LogP contribution in [0.15, 0.2) is 6.20 Å². The third-order valence-corrected chi connectivity index (χ3v) is 2.35. The third kappa shape index (κ3) is 3.14. The number of aryl methyl sites for hydroxylation is 2. The van der Waals surface area contributed by atoms with Crippen molar-refractivity contribution >= 4 is 0 Å². The first-order chi connectivity index (χ1) is 6.77. The number of unbranched alkanes of at least 4 members (excludes halogenated alkanes) is 1. The SMILES string of the molecule is CCCCNCc1cn(C)nc1CC. The van der Waals surface area contributed by atoms with Crippen molar-refractivity contribution in [2.45, 2.75) is 39.7 Å². The molecule has 0 aliphatic carbocycles. The van der Waals surface area contributed by atoms with Crippen LogP contribution in [0.1, 0.15) is 37.9 Å². The fraction of sp³-hybridized carbons (Fsp3) is 0.727. The van der Waals surface area contributed by atoms with Gasteiger partial charge in [0.1, 0.15) is 0 Å². The first kappa shape index (κ1) is 11.2. The van der Waals surface area contributed by atoms with Gasteiger partial charge in [-0.3, -0.25) is 4.68 Å². The highest BCUT2D eigenvalue weighted by Gasteiger charge is 2.04. The van der Waals surface area contributed by atoms with Gasteiger partial charge in [-0.15, -0.1) is 0 Å². The maximum atomic E-state index is 4.40. The summed E-state index contributed by atoms with van der Waals surface area (Å²) in [5.74, 6) is 0. The molecule has 14 heavy (non-hydrogen) atoms. The van der Waals surface area contributed by atoms with Crippen LogP contribution in [0.5, 0.6) is 0 Å². The molecule has 0 aliphatic rings. The lowest BCUT2D eigenvalue weighted by Crippen LogP contribution is -2.14. The average molecular weight is 195 g/mol. The molecule has 0 unspecified atom stereocenters. The predicted molar refractivity (Wildman–Crippen MR) is 59.2 cm³/mol. The number of rotatable bonds is 6. The Balaban J connectivity index is 2.41. The van der Waals surface area contributed by atoms with E-state index in [0.29, 0.717) is 0 Å². The van der Waals surface area contributed by atoms with Crippen LogP contribution in [-0.2, 0) is 20.0 Å². The fourth-order valence-electron chi connectivity index (χ4n) is 1.55. The topological polar surface area (TPSA) is 29.9 Å². The van der Waals surface area contributed by atoms with Crippen LogP contribution in [-0.4, -0.2) is 16.3 Å². The van der Waals surface area contributed by atoms with Gasteiger partial charge in [0.05, 0.1) is 5.69 Å². The van der Waals surface area contributed by atoms with Gasteiger partial charge in [-0.05, 0) is 19.4 Å². The van der Waals surface area contributed by atoms with Crippen molar-refractivity contribution in [3.05, 3.63) is 17.5 Å². The Morgan fingerprint density at radius 3 is 2.86 bits per heavy atom. The first-order valence-electron chi connectivity index (χ1n) is 5.50. The largest absolute Gasteiger partial charge is 0.313 e. The van der Waals surface area contributed by atoms with E-state index in [1.807, 2.05) is 11.7 Å². The molecular formula is C11H21N3. The fourth-order valence-corrected chi connectivity index (χ4v) is 1.55. The summed E-state index contributed by atoms with van der Waals surface area (Å²) in [4.78, 5) is 0. The molecule has 3 heteroatoms. The number of nitrogens with zero attached hydrogens (tertiary/aromatic N) is 2. The van der Waals surface area contributed by atoms with E-state index in [9.17, 15) is 0 Å². The Morgan fingerprint density at radius 2 is 2.21 bits per heavy atom. The van der Waals surface area contributed by atoms with Crippen molar-refractivity contribution in [3.8, 4) is 0 Å². The van der Waals surface area contributed by atoms with Crippen LogP contribution >= 0.6 is 0 Å². The molecule has 1 N–H and O–H groups in total. The molecule has 0 amide bonds. The zero-order valence-electron chi connectivity index (χ0n) is 9.51. The maximum absolute atomic E-state index is 4.40. The van der Waals surface area contributed by atoms with Gasteiger partial charge in [-0.25, -0.2) is 0 Å². The van der Waals surface area contributed by atoms with E-state index in [1.165, 1.54) is 24.1 Å². The Morgan fingerprint density at radius 1 is 1.43 bits per heavy atom. The second-order valence-corrected chi connectivity index (χ2v) is 3.66. The Labute approximate surface area is 86.5 Å². The van der Waals surface area contributed by atoms with Crippen molar-refractivity contribution in [1.29, 1.82) is 0 Å². The van der Waals surface area contributed by atoms with Gasteiger partial charge in [-0.1, -0.05) is 20.3 Å². The van der Waals surface area contributed by atoms with Crippen molar-refractivity contribution in [1.82, 2.24) is 15.1 Å². The summed E-state index contributed by atoms with van der Waals surface area (Å²) in [5, 5.41) is 7.84. The molecule has 0 radical (unpaired) electrons. The zero-order valence-corrected chi connectivity index (χ0v) is 9.51. The van der Waals surface area contributed by atoms with Crippen LogP contribution in [0.3, 0.4) is 0 Å². The van der Waals surface area contributed by atoms with E-state index in [2.05, 4.69) is 30.5 Å². The molecule has 1 rings (SSSR count). The number of hydrogen-bond donors (Lipinski definition) is 1. The summed E-state index contributed by atoms with van der Waals surface area (Å²) >= 11 is 0. The van der Waals surface area contributed by atoms with E-state index in [1.54, 1.807) is 0 Å². The van der Waals surface area contributed by atoms with Crippen LogP contribution < -0.4 is 5.32 Å². The standard InChI is InChI=1S/C11H21N3/c1-4-6-7-12-8-10-9-14(3)13-11(10)5-2/h9,12H,4-8H2,1-3H3. The molecule has 0 saturated heterocycles.